The summed E-state index contributed by atoms with van der Waals surface area (Å²) in [6.07, 6.45) is 0. The number of rotatable bonds is 2. The Kier molecular flexibility index (Phi) is 4.76. The van der Waals surface area contributed by atoms with Gasteiger partial charge in [-0.25, -0.2) is 4.21 Å². The van der Waals surface area contributed by atoms with Gasteiger partial charge in [-0.3, -0.25) is 0 Å². The van der Waals surface area contributed by atoms with Crippen molar-refractivity contribution in [2.75, 3.05) is 0 Å². The first-order chi connectivity index (χ1) is 6.77. The van der Waals surface area contributed by atoms with Gasteiger partial charge in [-0.05, 0) is 11.5 Å². The van der Waals surface area contributed by atoms with E-state index in [1.807, 2.05) is 30.3 Å². The second kappa shape index (κ2) is 5.63. The Balaban J connectivity index is 0.00000112. The Bertz CT molecular complexity index is 487. The van der Waals surface area contributed by atoms with E-state index in [0.29, 0.717) is 5.75 Å². The van der Waals surface area contributed by atoms with Crippen LogP contribution in [0.15, 0.2) is 42.5 Å². The van der Waals surface area contributed by atoms with E-state index in [2.05, 4.69) is 4.18 Å². The molecule has 5 heteroatoms. The maximum Gasteiger partial charge on any atom is 1.00 e. The fourth-order valence-corrected chi connectivity index (χ4v) is 1.63. The Hall–Kier alpha value is -0.390. The van der Waals surface area contributed by atoms with Gasteiger partial charge < -0.3 is 10.2 Å². The van der Waals surface area contributed by atoms with Crippen LogP contribution in [-0.2, 0) is 11.4 Å². The molecule has 0 spiro atoms. The van der Waals surface area contributed by atoms with E-state index in [4.69, 9.17) is 0 Å². The summed E-state index contributed by atoms with van der Waals surface area (Å²) in [7, 11) is 0. The average molecular weight is 231 g/mol. The van der Waals surface area contributed by atoms with Gasteiger partial charge in [0, 0.05) is 5.39 Å². The van der Waals surface area contributed by atoms with Crippen molar-refractivity contribution in [3.8, 4) is 5.75 Å². The van der Waals surface area contributed by atoms with Crippen LogP contribution in [0.1, 0.15) is 1.43 Å². The van der Waals surface area contributed by atoms with Gasteiger partial charge >= 0.3 is 29.6 Å². The molecule has 15 heavy (non-hydrogen) atoms. The third kappa shape index (κ3) is 3.03. The molecular formula is C10H8NaO3S-. The van der Waals surface area contributed by atoms with Crippen LogP contribution in [0.2, 0.25) is 0 Å². The standard InChI is InChI=1S/C10H8O3S.Na.H/c11-14(12)13-10-7-3-5-8-4-1-2-6-9(8)10;;/h1-7H,(H,11,12);;/q;+1;-1/p-1. The van der Waals surface area contributed by atoms with Crippen molar-refractivity contribution in [3.63, 3.8) is 0 Å². The molecule has 74 valence electrons. The molecule has 0 N–H and O–H groups in total. The smallest absolute Gasteiger partial charge is 1.00 e. The molecular weight excluding hydrogens is 223 g/mol. The molecule has 0 saturated carbocycles. The molecule has 0 aromatic heterocycles. The molecule has 0 heterocycles. The summed E-state index contributed by atoms with van der Waals surface area (Å²) >= 11 is -2.52. The van der Waals surface area contributed by atoms with E-state index in [1.54, 1.807) is 12.1 Å². The SMILES string of the molecule is O=S([O-])Oc1cccc2ccccc12.[H-].[Na+]. The van der Waals surface area contributed by atoms with Crippen molar-refractivity contribution >= 4 is 22.1 Å². The molecule has 1 atom stereocenters. The molecule has 1 unspecified atom stereocenters. The summed E-state index contributed by atoms with van der Waals surface area (Å²) < 4.78 is 25.4. The molecule has 2 rings (SSSR count). The van der Waals surface area contributed by atoms with E-state index in [1.165, 1.54) is 0 Å². The molecule has 0 radical (unpaired) electrons. The van der Waals surface area contributed by atoms with Gasteiger partial charge in [0.15, 0.2) is 0 Å². The van der Waals surface area contributed by atoms with E-state index < -0.39 is 11.4 Å². The van der Waals surface area contributed by atoms with Gasteiger partial charge in [-0.1, -0.05) is 36.4 Å². The number of hydrogen-bond donors (Lipinski definition) is 0. The van der Waals surface area contributed by atoms with Gasteiger partial charge in [0.2, 0.25) is 0 Å². The van der Waals surface area contributed by atoms with Crippen LogP contribution >= 0.6 is 0 Å². The van der Waals surface area contributed by atoms with E-state index in [9.17, 15) is 8.76 Å². The molecule has 0 amide bonds. The molecule has 0 aliphatic carbocycles. The van der Waals surface area contributed by atoms with Crippen molar-refractivity contribution in [1.29, 1.82) is 0 Å². The summed E-state index contributed by atoms with van der Waals surface area (Å²) in [6.45, 7) is 0. The van der Waals surface area contributed by atoms with Crippen LogP contribution < -0.4 is 33.7 Å². The van der Waals surface area contributed by atoms with Gasteiger partial charge in [-0.2, -0.15) is 0 Å². The zero-order valence-electron chi connectivity index (χ0n) is 9.17. The fourth-order valence-electron chi connectivity index (χ4n) is 1.34. The van der Waals surface area contributed by atoms with E-state index in [0.717, 1.165) is 10.8 Å². The fraction of sp³-hybridized carbons (Fsp3) is 0. The van der Waals surface area contributed by atoms with Gasteiger partial charge in [0.05, 0.1) is 0 Å². The number of fused-ring (bicyclic) bond motifs is 1. The van der Waals surface area contributed by atoms with Crippen molar-refractivity contribution in [1.82, 2.24) is 0 Å². The van der Waals surface area contributed by atoms with Gasteiger partial charge in [-0.15, -0.1) is 0 Å². The van der Waals surface area contributed by atoms with Crippen molar-refractivity contribution < 1.29 is 43.9 Å². The van der Waals surface area contributed by atoms with Gasteiger partial charge in [0.1, 0.15) is 17.1 Å². The van der Waals surface area contributed by atoms with Crippen molar-refractivity contribution in [2.45, 2.75) is 0 Å². The minimum Gasteiger partial charge on any atom is -1.00 e. The normalized spacial score (nSPS) is 11.8. The summed E-state index contributed by atoms with van der Waals surface area (Å²) in [5.74, 6) is 0.358. The summed E-state index contributed by atoms with van der Waals surface area (Å²) in [5.41, 5.74) is 0. The molecule has 2 aromatic rings. The van der Waals surface area contributed by atoms with Crippen LogP contribution in [0.3, 0.4) is 0 Å². The molecule has 0 fully saturated rings. The number of benzene rings is 2. The van der Waals surface area contributed by atoms with Crippen LogP contribution in [-0.4, -0.2) is 8.76 Å². The van der Waals surface area contributed by atoms with E-state index in [-0.39, 0.29) is 31.0 Å². The first-order valence-electron chi connectivity index (χ1n) is 4.03. The second-order valence-electron chi connectivity index (χ2n) is 2.76. The second-order valence-corrected chi connectivity index (χ2v) is 3.34. The van der Waals surface area contributed by atoms with Crippen LogP contribution in [0, 0.1) is 0 Å². The van der Waals surface area contributed by atoms with Crippen molar-refractivity contribution in [3.05, 3.63) is 42.5 Å². The van der Waals surface area contributed by atoms with Crippen LogP contribution in [0.5, 0.6) is 5.75 Å². The Morgan fingerprint density at radius 1 is 1.13 bits per heavy atom. The third-order valence-electron chi connectivity index (χ3n) is 1.91. The Labute approximate surface area is 114 Å². The molecule has 0 bridgehead atoms. The summed E-state index contributed by atoms with van der Waals surface area (Å²) in [4.78, 5) is 0. The number of hydrogen-bond acceptors (Lipinski definition) is 3. The topological polar surface area (TPSA) is 49.4 Å². The molecule has 3 nitrogen and oxygen atoms in total. The zero-order chi connectivity index (χ0) is 9.97. The minimum absolute atomic E-state index is 0. The molecule has 0 aliphatic rings. The summed E-state index contributed by atoms with van der Waals surface area (Å²) in [5, 5.41) is 1.75. The Morgan fingerprint density at radius 2 is 1.80 bits per heavy atom. The predicted molar refractivity (Wildman–Crippen MR) is 54.6 cm³/mol. The minimum atomic E-state index is -2.52. The summed E-state index contributed by atoms with van der Waals surface area (Å²) in [6, 6.07) is 12.7. The van der Waals surface area contributed by atoms with Gasteiger partial charge in [0.25, 0.3) is 0 Å². The third-order valence-corrected chi connectivity index (χ3v) is 2.22. The maximum atomic E-state index is 10.4. The van der Waals surface area contributed by atoms with E-state index >= 15 is 0 Å². The molecule has 0 saturated heterocycles. The largest absolute Gasteiger partial charge is 1.00 e. The maximum absolute atomic E-state index is 10.4. The van der Waals surface area contributed by atoms with Crippen LogP contribution in [0.4, 0.5) is 0 Å². The predicted octanol–water partition coefficient (Wildman–Crippen LogP) is -0.871. The first kappa shape index (κ1) is 12.7. The Morgan fingerprint density at radius 3 is 2.53 bits per heavy atom. The molecule has 2 aromatic carbocycles. The quantitative estimate of drug-likeness (QED) is 0.498. The monoisotopic (exact) mass is 231 g/mol. The van der Waals surface area contributed by atoms with Crippen LogP contribution in [0.25, 0.3) is 10.8 Å². The zero-order valence-corrected chi connectivity index (χ0v) is 11.0. The first-order valence-corrected chi connectivity index (χ1v) is 5.03. The molecule has 0 aliphatic heterocycles. The average Bonchev–Trinajstić information content (AvgIpc) is 2.18. The van der Waals surface area contributed by atoms with Crippen molar-refractivity contribution in [2.24, 2.45) is 0 Å².